The normalized spacial score (nSPS) is 24.1. The number of allylic oxidation sites excluding steroid dienone is 3. The van der Waals surface area contributed by atoms with E-state index in [1.165, 1.54) is 21.3 Å². The van der Waals surface area contributed by atoms with Crippen molar-refractivity contribution in [3.63, 3.8) is 0 Å². The summed E-state index contributed by atoms with van der Waals surface area (Å²) in [6.45, 7) is 1.81. The molecule has 1 aliphatic rings. The highest BCUT2D eigenvalue weighted by molar-refractivity contribution is 7.86. The van der Waals surface area contributed by atoms with E-state index in [0.29, 0.717) is 22.1 Å². The van der Waals surface area contributed by atoms with E-state index in [1.807, 2.05) is 6.92 Å². The zero-order valence-electron chi connectivity index (χ0n) is 14.2. The van der Waals surface area contributed by atoms with E-state index in [9.17, 15) is 9.32 Å². The molecule has 5 nitrogen and oxygen atoms in total. The minimum absolute atomic E-state index is 0.421. The Morgan fingerprint density at radius 2 is 1.75 bits per heavy atom. The van der Waals surface area contributed by atoms with Crippen LogP contribution in [0.25, 0.3) is 0 Å². The zero-order valence-corrected chi connectivity index (χ0v) is 15.0. The first kappa shape index (κ1) is 18.3. The van der Waals surface area contributed by atoms with Gasteiger partial charge in [0.2, 0.25) is 5.75 Å². The Morgan fingerprint density at radius 1 is 1.12 bits per heavy atom. The van der Waals surface area contributed by atoms with Crippen LogP contribution >= 0.6 is 0 Å². The van der Waals surface area contributed by atoms with Crippen LogP contribution in [0.1, 0.15) is 6.92 Å². The van der Waals surface area contributed by atoms with Crippen LogP contribution in [0.15, 0.2) is 53.5 Å². The number of hydrogen-bond acceptors (Lipinski definition) is 5. The molecule has 0 radical (unpaired) electrons. The van der Waals surface area contributed by atoms with Crippen LogP contribution in [-0.4, -0.2) is 41.5 Å². The molecular formula is C18H22O5S. The molecule has 0 spiro atoms. The third-order valence-corrected chi connectivity index (χ3v) is 5.45. The van der Waals surface area contributed by atoms with Crippen LogP contribution in [0.4, 0.5) is 0 Å². The van der Waals surface area contributed by atoms with Crippen molar-refractivity contribution in [2.24, 2.45) is 0 Å². The van der Waals surface area contributed by atoms with Gasteiger partial charge >= 0.3 is 0 Å². The number of benzene rings is 1. The SMILES string of the molecule is CC=CC1(O)C=CC=CC1S(=O)c1cc(OC)c(OC)c(OC)c1. The monoisotopic (exact) mass is 350 g/mol. The number of ether oxygens (including phenoxy) is 3. The van der Waals surface area contributed by atoms with Crippen molar-refractivity contribution in [2.45, 2.75) is 22.7 Å². The van der Waals surface area contributed by atoms with Gasteiger partial charge in [-0.25, -0.2) is 0 Å². The van der Waals surface area contributed by atoms with Gasteiger partial charge in [-0.1, -0.05) is 30.4 Å². The molecule has 0 saturated heterocycles. The second-order valence-electron chi connectivity index (χ2n) is 5.21. The molecule has 24 heavy (non-hydrogen) atoms. The Hall–Kier alpha value is -2.05. The van der Waals surface area contributed by atoms with Crippen molar-refractivity contribution in [1.82, 2.24) is 0 Å². The fraction of sp³-hybridized carbons (Fsp3) is 0.333. The number of rotatable bonds is 6. The first-order valence-electron chi connectivity index (χ1n) is 7.43. The smallest absolute Gasteiger partial charge is 0.203 e. The second-order valence-corrected chi connectivity index (χ2v) is 6.78. The maximum Gasteiger partial charge on any atom is 0.203 e. The molecule has 3 unspecified atom stereocenters. The standard InChI is InChI=1S/C18H22O5S/c1-5-9-18(19)10-7-6-8-16(18)24(20)13-11-14(21-2)17(23-4)15(12-13)22-3/h5-12,16,19H,1-4H3. The van der Waals surface area contributed by atoms with Crippen LogP contribution in [0.5, 0.6) is 17.2 Å². The van der Waals surface area contributed by atoms with Crippen molar-refractivity contribution in [1.29, 1.82) is 0 Å². The minimum Gasteiger partial charge on any atom is -0.493 e. The number of hydrogen-bond donors (Lipinski definition) is 1. The Morgan fingerprint density at radius 3 is 2.25 bits per heavy atom. The second kappa shape index (κ2) is 7.68. The van der Waals surface area contributed by atoms with Gasteiger partial charge in [-0.3, -0.25) is 4.21 Å². The molecule has 1 aromatic carbocycles. The summed E-state index contributed by atoms with van der Waals surface area (Å²) in [4.78, 5) is 0.484. The van der Waals surface area contributed by atoms with E-state index >= 15 is 0 Å². The van der Waals surface area contributed by atoms with E-state index < -0.39 is 21.7 Å². The van der Waals surface area contributed by atoms with Gasteiger partial charge in [-0.15, -0.1) is 0 Å². The molecule has 0 aliphatic heterocycles. The molecule has 1 aromatic rings. The van der Waals surface area contributed by atoms with Crippen molar-refractivity contribution >= 4 is 10.8 Å². The molecular weight excluding hydrogens is 328 g/mol. The largest absolute Gasteiger partial charge is 0.493 e. The fourth-order valence-corrected chi connectivity index (χ4v) is 4.08. The van der Waals surface area contributed by atoms with Crippen molar-refractivity contribution < 1.29 is 23.5 Å². The average molecular weight is 350 g/mol. The molecule has 0 heterocycles. The molecule has 0 bridgehead atoms. The highest BCUT2D eigenvalue weighted by Crippen LogP contribution is 2.40. The zero-order chi connectivity index (χ0) is 17.7. The van der Waals surface area contributed by atoms with Crippen LogP contribution in [0.3, 0.4) is 0 Å². The topological polar surface area (TPSA) is 65.0 Å². The predicted molar refractivity (Wildman–Crippen MR) is 94.3 cm³/mol. The van der Waals surface area contributed by atoms with Gasteiger partial charge in [0.1, 0.15) is 5.60 Å². The summed E-state index contributed by atoms with van der Waals surface area (Å²) in [5, 5.41) is 10.2. The highest BCUT2D eigenvalue weighted by atomic mass is 32.2. The predicted octanol–water partition coefficient (Wildman–Crippen LogP) is 2.62. The lowest BCUT2D eigenvalue weighted by Crippen LogP contribution is -2.41. The van der Waals surface area contributed by atoms with Crippen molar-refractivity contribution in [3.8, 4) is 17.2 Å². The molecule has 0 aromatic heterocycles. The quantitative estimate of drug-likeness (QED) is 0.799. The highest BCUT2D eigenvalue weighted by Gasteiger charge is 2.37. The van der Waals surface area contributed by atoms with Crippen molar-refractivity contribution in [2.75, 3.05) is 21.3 Å². The summed E-state index contributed by atoms with van der Waals surface area (Å²) in [5.74, 6) is 1.28. The average Bonchev–Trinajstić information content (AvgIpc) is 2.60. The van der Waals surface area contributed by atoms with Crippen LogP contribution in [0.2, 0.25) is 0 Å². The Labute approximate surface area is 144 Å². The molecule has 2 rings (SSSR count). The summed E-state index contributed by atoms with van der Waals surface area (Å²) in [6, 6.07) is 3.28. The first-order chi connectivity index (χ1) is 11.5. The first-order valence-corrected chi connectivity index (χ1v) is 8.64. The fourth-order valence-electron chi connectivity index (χ4n) is 2.60. The lowest BCUT2D eigenvalue weighted by molar-refractivity contribution is 0.148. The third-order valence-electron chi connectivity index (χ3n) is 3.75. The minimum atomic E-state index is -1.53. The summed E-state index contributed by atoms with van der Waals surface area (Å²) < 4.78 is 29.0. The lowest BCUT2D eigenvalue weighted by Gasteiger charge is -2.30. The molecule has 0 amide bonds. The maximum absolute atomic E-state index is 13.1. The Balaban J connectivity index is 2.49. The molecule has 130 valence electrons. The van der Waals surface area contributed by atoms with Crippen LogP contribution in [0, 0.1) is 0 Å². The van der Waals surface area contributed by atoms with Crippen LogP contribution < -0.4 is 14.2 Å². The van der Waals surface area contributed by atoms with Crippen molar-refractivity contribution in [3.05, 3.63) is 48.6 Å². The molecule has 0 fully saturated rings. The van der Waals surface area contributed by atoms with E-state index in [0.717, 1.165) is 0 Å². The summed E-state index contributed by atoms with van der Waals surface area (Å²) in [6.07, 6.45) is 10.3. The van der Waals surface area contributed by atoms with E-state index in [4.69, 9.17) is 14.2 Å². The van der Waals surface area contributed by atoms with Gasteiger partial charge in [0.25, 0.3) is 0 Å². The van der Waals surface area contributed by atoms with Crippen LogP contribution in [-0.2, 0) is 10.8 Å². The third kappa shape index (κ3) is 3.39. The van der Waals surface area contributed by atoms with E-state index in [-0.39, 0.29) is 0 Å². The van der Waals surface area contributed by atoms with Gasteiger partial charge in [0.05, 0.1) is 37.4 Å². The maximum atomic E-state index is 13.1. The molecule has 0 saturated carbocycles. The Kier molecular flexibility index (Phi) is 5.85. The molecule has 1 N–H and O–H groups in total. The molecule has 1 aliphatic carbocycles. The van der Waals surface area contributed by atoms with Gasteiger partial charge in [-0.2, -0.15) is 0 Å². The van der Waals surface area contributed by atoms with Gasteiger partial charge < -0.3 is 19.3 Å². The molecule has 3 atom stereocenters. The summed E-state index contributed by atoms with van der Waals surface area (Å²) in [5.41, 5.74) is -1.31. The van der Waals surface area contributed by atoms with E-state index in [2.05, 4.69) is 0 Å². The lowest BCUT2D eigenvalue weighted by atomic mass is 9.94. The van der Waals surface area contributed by atoms with E-state index in [1.54, 1.807) is 48.6 Å². The number of methoxy groups -OCH3 is 3. The summed E-state index contributed by atoms with van der Waals surface area (Å²) >= 11 is 0. The van der Waals surface area contributed by atoms with Gasteiger partial charge in [-0.05, 0) is 13.0 Å². The van der Waals surface area contributed by atoms with Gasteiger partial charge in [0.15, 0.2) is 11.5 Å². The number of aliphatic hydroxyl groups is 1. The molecule has 6 heteroatoms. The van der Waals surface area contributed by atoms with Gasteiger partial charge in [0, 0.05) is 17.0 Å². The summed E-state index contributed by atoms with van der Waals surface area (Å²) in [7, 11) is 2.99. The Bertz CT molecular complexity index is 682.